The number of carbonyl (C=O) groups is 1. The molecule has 0 N–H and O–H groups in total. The van der Waals surface area contributed by atoms with E-state index in [0.29, 0.717) is 5.76 Å². The van der Waals surface area contributed by atoms with Crippen LogP contribution in [0.25, 0.3) is 6.08 Å². The third-order valence-corrected chi connectivity index (χ3v) is 3.21. The standard InChI is InChI=1S/C15H21NO3.ClH/c1-13(12-16-9-3-2-4-10-16)19-15(17)8-7-14-6-5-11-18-14;/h5-8,11,13H,2-4,9-10,12H2,1H3;1H/b8-7+;. The molecular weight excluding hydrogens is 278 g/mol. The summed E-state index contributed by atoms with van der Waals surface area (Å²) in [5.41, 5.74) is 0. The molecule has 2 rings (SSSR count). The Hall–Kier alpha value is -1.26. The van der Waals surface area contributed by atoms with E-state index in [-0.39, 0.29) is 24.5 Å². The van der Waals surface area contributed by atoms with Crippen LogP contribution in [0.4, 0.5) is 0 Å². The summed E-state index contributed by atoms with van der Waals surface area (Å²) in [7, 11) is 0. The molecule has 1 aromatic heterocycles. The quantitative estimate of drug-likeness (QED) is 0.619. The minimum absolute atomic E-state index is 0. The molecule has 1 aromatic rings. The van der Waals surface area contributed by atoms with Crippen molar-refractivity contribution in [2.45, 2.75) is 32.3 Å². The van der Waals surface area contributed by atoms with E-state index in [9.17, 15) is 4.79 Å². The molecular formula is C15H22ClNO3. The van der Waals surface area contributed by atoms with Gasteiger partial charge in [0.2, 0.25) is 0 Å². The first-order valence-electron chi connectivity index (χ1n) is 6.88. The van der Waals surface area contributed by atoms with Crippen molar-refractivity contribution in [1.29, 1.82) is 0 Å². The second-order valence-electron chi connectivity index (χ2n) is 4.96. The van der Waals surface area contributed by atoms with Gasteiger partial charge in [-0.15, -0.1) is 12.4 Å². The molecule has 0 aromatic carbocycles. The molecule has 0 aliphatic carbocycles. The van der Waals surface area contributed by atoms with E-state index in [0.717, 1.165) is 19.6 Å². The molecule has 1 aliphatic rings. The molecule has 1 atom stereocenters. The number of rotatable bonds is 5. The van der Waals surface area contributed by atoms with Gasteiger partial charge in [0.05, 0.1) is 6.26 Å². The molecule has 1 saturated heterocycles. The van der Waals surface area contributed by atoms with Crippen LogP contribution in [0.2, 0.25) is 0 Å². The van der Waals surface area contributed by atoms with Crippen LogP contribution >= 0.6 is 12.4 Å². The maximum atomic E-state index is 11.6. The Morgan fingerprint density at radius 2 is 2.20 bits per heavy atom. The number of furan rings is 1. The fraction of sp³-hybridized carbons (Fsp3) is 0.533. The van der Waals surface area contributed by atoms with Gasteiger partial charge in [0.15, 0.2) is 0 Å². The van der Waals surface area contributed by atoms with Crippen LogP contribution < -0.4 is 0 Å². The summed E-state index contributed by atoms with van der Waals surface area (Å²) in [6.07, 6.45) is 8.34. The van der Waals surface area contributed by atoms with Gasteiger partial charge in [0, 0.05) is 12.6 Å². The highest BCUT2D eigenvalue weighted by atomic mass is 35.5. The van der Waals surface area contributed by atoms with Gasteiger partial charge in [-0.1, -0.05) is 6.42 Å². The largest absolute Gasteiger partial charge is 0.465 e. The van der Waals surface area contributed by atoms with Crippen LogP contribution in [0, 0.1) is 0 Å². The Labute approximate surface area is 126 Å². The van der Waals surface area contributed by atoms with Crippen molar-refractivity contribution in [2.24, 2.45) is 0 Å². The molecule has 0 amide bonds. The second-order valence-corrected chi connectivity index (χ2v) is 4.96. The Morgan fingerprint density at radius 3 is 2.85 bits per heavy atom. The summed E-state index contributed by atoms with van der Waals surface area (Å²) in [6.45, 7) is 4.99. The first kappa shape index (κ1) is 16.8. The van der Waals surface area contributed by atoms with Gasteiger partial charge in [-0.2, -0.15) is 0 Å². The van der Waals surface area contributed by atoms with Gasteiger partial charge in [-0.05, 0) is 51.1 Å². The lowest BCUT2D eigenvalue weighted by molar-refractivity contribution is -0.143. The topological polar surface area (TPSA) is 42.7 Å². The molecule has 1 unspecified atom stereocenters. The third-order valence-electron chi connectivity index (χ3n) is 3.21. The Balaban J connectivity index is 0.00000200. The molecule has 2 heterocycles. The lowest BCUT2D eigenvalue weighted by Gasteiger charge is -2.28. The van der Waals surface area contributed by atoms with Gasteiger partial charge in [-0.25, -0.2) is 4.79 Å². The number of esters is 1. The van der Waals surface area contributed by atoms with Gasteiger partial charge >= 0.3 is 5.97 Å². The van der Waals surface area contributed by atoms with Crippen molar-refractivity contribution < 1.29 is 13.9 Å². The van der Waals surface area contributed by atoms with Crippen molar-refractivity contribution in [3.63, 3.8) is 0 Å². The van der Waals surface area contributed by atoms with Crippen LogP contribution in [0.5, 0.6) is 0 Å². The van der Waals surface area contributed by atoms with Crippen LogP contribution in [-0.4, -0.2) is 36.6 Å². The fourth-order valence-electron chi connectivity index (χ4n) is 2.32. The summed E-state index contributed by atoms with van der Waals surface area (Å²) < 4.78 is 10.4. The van der Waals surface area contributed by atoms with E-state index in [1.165, 1.54) is 25.3 Å². The smallest absolute Gasteiger partial charge is 0.331 e. The SMILES string of the molecule is CC(CN1CCCCC1)OC(=O)/C=C/c1ccco1.Cl. The Morgan fingerprint density at radius 1 is 1.45 bits per heavy atom. The molecule has 0 spiro atoms. The highest BCUT2D eigenvalue weighted by Gasteiger charge is 2.15. The summed E-state index contributed by atoms with van der Waals surface area (Å²) in [4.78, 5) is 14.0. The fourth-order valence-corrected chi connectivity index (χ4v) is 2.32. The second kappa shape index (κ2) is 8.82. The lowest BCUT2D eigenvalue weighted by atomic mass is 10.1. The Kier molecular flexibility index (Phi) is 7.41. The number of hydrogen-bond donors (Lipinski definition) is 0. The van der Waals surface area contributed by atoms with E-state index >= 15 is 0 Å². The van der Waals surface area contributed by atoms with Gasteiger partial charge < -0.3 is 9.15 Å². The number of halogens is 1. The van der Waals surface area contributed by atoms with Crippen LogP contribution in [-0.2, 0) is 9.53 Å². The average molecular weight is 300 g/mol. The van der Waals surface area contributed by atoms with Crippen LogP contribution in [0.1, 0.15) is 31.9 Å². The van der Waals surface area contributed by atoms with Crippen LogP contribution in [0.15, 0.2) is 28.9 Å². The van der Waals surface area contributed by atoms with Crippen molar-refractivity contribution in [3.8, 4) is 0 Å². The van der Waals surface area contributed by atoms with E-state index < -0.39 is 0 Å². The highest BCUT2D eigenvalue weighted by molar-refractivity contribution is 5.86. The maximum Gasteiger partial charge on any atom is 0.331 e. The molecule has 5 heteroatoms. The van der Waals surface area contributed by atoms with E-state index in [1.807, 2.05) is 6.92 Å². The zero-order valence-electron chi connectivity index (χ0n) is 11.8. The zero-order valence-corrected chi connectivity index (χ0v) is 12.6. The molecule has 0 bridgehead atoms. The minimum atomic E-state index is -0.319. The summed E-state index contributed by atoms with van der Waals surface area (Å²) in [6, 6.07) is 3.57. The van der Waals surface area contributed by atoms with Crippen LogP contribution in [0.3, 0.4) is 0 Å². The third kappa shape index (κ3) is 5.80. The van der Waals surface area contributed by atoms with E-state index in [4.69, 9.17) is 9.15 Å². The van der Waals surface area contributed by atoms with Gasteiger partial charge in [0.1, 0.15) is 11.9 Å². The number of nitrogens with zero attached hydrogens (tertiary/aromatic N) is 1. The number of carbonyl (C=O) groups excluding carboxylic acids is 1. The summed E-state index contributed by atoms with van der Waals surface area (Å²) in [5.74, 6) is 0.335. The molecule has 1 fully saturated rings. The molecule has 0 saturated carbocycles. The number of hydrogen-bond acceptors (Lipinski definition) is 4. The normalized spacial score (nSPS) is 17.6. The number of ether oxygens (including phenoxy) is 1. The molecule has 0 radical (unpaired) electrons. The summed E-state index contributed by atoms with van der Waals surface area (Å²) in [5, 5.41) is 0. The van der Waals surface area contributed by atoms with E-state index in [2.05, 4.69) is 4.90 Å². The first-order chi connectivity index (χ1) is 9.24. The lowest BCUT2D eigenvalue weighted by Crippen LogP contribution is -2.36. The van der Waals surface area contributed by atoms with Crippen molar-refractivity contribution in [1.82, 2.24) is 4.90 Å². The highest BCUT2D eigenvalue weighted by Crippen LogP contribution is 2.10. The Bertz CT molecular complexity index is 411. The zero-order chi connectivity index (χ0) is 13.5. The average Bonchev–Trinajstić information content (AvgIpc) is 2.90. The van der Waals surface area contributed by atoms with Crippen molar-refractivity contribution in [2.75, 3.05) is 19.6 Å². The first-order valence-corrected chi connectivity index (χ1v) is 6.88. The van der Waals surface area contributed by atoms with Crippen molar-refractivity contribution >= 4 is 24.5 Å². The van der Waals surface area contributed by atoms with Gasteiger partial charge in [-0.3, -0.25) is 4.90 Å². The minimum Gasteiger partial charge on any atom is -0.465 e. The number of piperidine rings is 1. The molecule has 112 valence electrons. The molecule has 4 nitrogen and oxygen atoms in total. The summed E-state index contributed by atoms with van der Waals surface area (Å²) >= 11 is 0. The van der Waals surface area contributed by atoms with E-state index in [1.54, 1.807) is 24.5 Å². The van der Waals surface area contributed by atoms with Crippen molar-refractivity contribution in [3.05, 3.63) is 30.2 Å². The monoisotopic (exact) mass is 299 g/mol. The number of likely N-dealkylation sites (tertiary alicyclic amines) is 1. The molecule has 20 heavy (non-hydrogen) atoms. The maximum absolute atomic E-state index is 11.6. The predicted molar refractivity (Wildman–Crippen MR) is 80.8 cm³/mol. The van der Waals surface area contributed by atoms with Gasteiger partial charge in [0.25, 0.3) is 0 Å². The molecule has 1 aliphatic heterocycles. The predicted octanol–water partition coefficient (Wildman–Crippen LogP) is 3.13.